The lowest BCUT2D eigenvalue weighted by molar-refractivity contribution is -0.140. The van der Waals surface area contributed by atoms with Gasteiger partial charge in [0.25, 0.3) is 0 Å². The number of para-hydroxylation sites is 1. The van der Waals surface area contributed by atoms with Crippen LogP contribution in [0.15, 0.2) is 53.4 Å². The number of carbonyl (C=O) groups excluding carboxylic acids is 2. The van der Waals surface area contributed by atoms with Crippen LogP contribution < -0.4 is 20.7 Å². The van der Waals surface area contributed by atoms with E-state index in [2.05, 4.69) is 20.7 Å². The molecule has 1 aliphatic rings. The summed E-state index contributed by atoms with van der Waals surface area (Å²) in [4.78, 5) is 26.5. The molecule has 0 spiro atoms. The lowest BCUT2D eigenvalue weighted by Gasteiger charge is -2.31. The molecule has 2 aromatic rings. The standard InChI is InChI=1S/C29H39F4N5O4S/c1-19(2)24-17-28(24,37-26(39)36-22-10-6-5-7-11-22)18-38(27(40)35-20(3)4)15-9-8-14-34-43(41,42)25-13-12-21(30)16-23(25)29(31,32)33/h5-7,10-13,16,19-20,24,34H,8-9,14-15,17-18H2,1-4H3,(H,35,40)(H2,36,37,39). The summed E-state index contributed by atoms with van der Waals surface area (Å²) < 4.78 is 80.8. The summed E-state index contributed by atoms with van der Waals surface area (Å²) in [5, 5.41) is 8.73. The molecular formula is C29H39F4N5O4S. The topological polar surface area (TPSA) is 120 Å². The molecule has 0 radical (unpaired) electrons. The van der Waals surface area contributed by atoms with Crippen LogP contribution >= 0.6 is 0 Å². The van der Waals surface area contributed by atoms with E-state index in [4.69, 9.17) is 0 Å². The van der Waals surface area contributed by atoms with E-state index in [0.29, 0.717) is 30.7 Å². The van der Waals surface area contributed by atoms with Crippen molar-refractivity contribution in [3.8, 4) is 0 Å². The number of unbranched alkanes of at least 4 members (excludes halogenated alkanes) is 1. The summed E-state index contributed by atoms with van der Waals surface area (Å²) in [6, 6.07) is 9.42. The predicted molar refractivity (Wildman–Crippen MR) is 155 cm³/mol. The molecule has 0 heterocycles. The number of sulfonamides is 1. The molecule has 43 heavy (non-hydrogen) atoms. The van der Waals surface area contributed by atoms with E-state index in [1.807, 2.05) is 33.8 Å². The Kier molecular flexibility index (Phi) is 11.0. The van der Waals surface area contributed by atoms with Crippen LogP contribution in [0.5, 0.6) is 0 Å². The van der Waals surface area contributed by atoms with Gasteiger partial charge in [0.05, 0.1) is 16.0 Å². The van der Waals surface area contributed by atoms with E-state index in [-0.39, 0.29) is 56.0 Å². The average molecular weight is 630 g/mol. The highest BCUT2D eigenvalue weighted by atomic mass is 32.2. The lowest BCUT2D eigenvalue weighted by atomic mass is 10.0. The van der Waals surface area contributed by atoms with Gasteiger partial charge in [-0.1, -0.05) is 32.0 Å². The van der Waals surface area contributed by atoms with Gasteiger partial charge in [-0.3, -0.25) is 0 Å². The van der Waals surface area contributed by atoms with Gasteiger partial charge in [0.1, 0.15) is 5.82 Å². The SMILES string of the molecule is CC(C)NC(=O)N(CCCCNS(=O)(=O)c1ccc(F)cc1C(F)(F)F)CC1(NC(=O)Nc2ccccc2)CC1C(C)C. The molecule has 2 aromatic carbocycles. The van der Waals surface area contributed by atoms with Crippen LogP contribution in [0.3, 0.4) is 0 Å². The van der Waals surface area contributed by atoms with Crippen molar-refractivity contribution in [2.75, 3.05) is 25.0 Å². The molecule has 4 N–H and O–H groups in total. The van der Waals surface area contributed by atoms with Crippen LogP contribution in [0.25, 0.3) is 0 Å². The minimum Gasteiger partial charge on any atom is -0.336 e. The van der Waals surface area contributed by atoms with Crippen LogP contribution in [0.4, 0.5) is 32.8 Å². The number of nitrogens with zero attached hydrogens (tertiary/aromatic N) is 1. The van der Waals surface area contributed by atoms with Gasteiger partial charge in [0, 0.05) is 31.4 Å². The number of hydrogen-bond acceptors (Lipinski definition) is 4. The van der Waals surface area contributed by atoms with E-state index in [0.717, 1.165) is 0 Å². The monoisotopic (exact) mass is 629 g/mol. The summed E-state index contributed by atoms with van der Waals surface area (Å²) >= 11 is 0. The fraction of sp³-hybridized carbons (Fsp3) is 0.517. The second-order valence-electron chi connectivity index (χ2n) is 11.4. The van der Waals surface area contributed by atoms with Gasteiger partial charge < -0.3 is 20.9 Å². The fourth-order valence-electron chi connectivity index (χ4n) is 5.08. The molecule has 2 atom stereocenters. The number of urea groups is 2. The lowest BCUT2D eigenvalue weighted by Crippen LogP contribution is -2.53. The Bertz CT molecular complexity index is 1370. The molecule has 4 amide bonds. The third-order valence-electron chi connectivity index (χ3n) is 7.19. The number of amides is 4. The van der Waals surface area contributed by atoms with Gasteiger partial charge in [0.15, 0.2) is 0 Å². The summed E-state index contributed by atoms with van der Waals surface area (Å²) in [6.07, 6.45) is -3.87. The first-order valence-corrected chi connectivity index (χ1v) is 15.6. The summed E-state index contributed by atoms with van der Waals surface area (Å²) in [7, 11) is -4.58. The number of carbonyl (C=O) groups is 2. The van der Waals surface area contributed by atoms with Gasteiger partial charge in [-0.2, -0.15) is 13.2 Å². The quantitative estimate of drug-likeness (QED) is 0.171. The smallest absolute Gasteiger partial charge is 0.336 e. The predicted octanol–water partition coefficient (Wildman–Crippen LogP) is 5.56. The molecule has 1 fully saturated rings. The van der Waals surface area contributed by atoms with Crippen LogP contribution in [0, 0.1) is 17.7 Å². The van der Waals surface area contributed by atoms with E-state index in [9.17, 15) is 35.6 Å². The molecule has 1 aliphatic carbocycles. The third kappa shape index (κ3) is 9.55. The molecule has 9 nitrogen and oxygen atoms in total. The van der Waals surface area contributed by atoms with E-state index < -0.39 is 44.0 Å². The second kappa shape index (κ2) is 13.9. The van der Waals surface area contributed by atoms with Gasteiger partial charge >= 0.3 is 18.2 Å². The molecule has 0 bridgehead atoms. The second-order valence-corrected chi connectivity index (χ2v) is 13.2. The van der Waals surface area contributed by atoms with Crippen molar-refractivity contribution in [2.45, 2.75) is 69.6 Å². The molecule has 0 saturated heterocycles. The highest BCUT2D eigenvalue weighted by Gasteiger charge is 2.57. The summed E-state index contributed by atoms with van der Waals surface area (Å²) in [5.74, 6) is -0.852. The fourth-order valence-corrected chi connectivity index (χ4v) is 6.36. The maximum Gasteiger partial charge on any atom is 0.417 e. The number of benzene rings is 2. The van der Waals surface area contributed by atoms with Crippen molar-refractivity contribution in [3.63, 3.8) is 0 Å². The van der Waals surface area contributed by atoms with E-state index >= 15 is 0 Å². The van der Waals surface area contributed by atoms with Crippen LogP contribution in [-0.2, 0) is 16.2 Å². The van der Waals surface area contributed by atoms with Crippen molar-refractivity contribution in [1.29, 1.82) is 0 Å². The zero-order chi connectivity index (χ0) is 32.0. The highest BCUT2D eigenvalue weighted by molar-refractivity contribution is 7.89. The molecule has 238 valence electrons. The van der Waals surface area contributed by atoms with Crippen molar-refractivity contribution in [1.82, 2.24) is 20.3 Å². The van der Waals surface area contributed by atoms with Crippen molar-refractivity contribution in [2.24, 2.45) is 11.8 Å². The van der Waals surface area contributed by atoms with E-state index in [1.54, 1.807) is 29.2 Å². The van der Waals surface area contributed by atoms with Crippen molar-refractivity contribution < 1.29 is 35.6 Å². The Labute approximate surface area is 249 Å². The first kappa shape index (κ1) is 34.1. The number of anilines is 1. The zero-order valence-electron chi connectivity index (χ0n) is 24.6. The maximum absolute atomic E-state index is 13.4. The van der Waals surface area contributed by atoms with Gasteiger partial charge in [-0.15, -0.1) is 0 Å². The molecule has 14 heteroatoms. The van der Waals surface area contributed by atoms with Gasteiger partial charge in [0.2, 0.25) is 10.0 Å². The number of halogens is 4. The Morgan fingerprint density at radius 1 is 1.05 bits per heavy atom. The highest BCUT2D eigenvalue weighted by Crippen LogP contribution is 2.49. The number of nitrogens with one attached hydrogen (secondary N) is 4. The molecular weight excluding hydrogens is 590 g/mol. The Morgan fingerprint density at radius 3 is 2.30 bits per heavy atom. The molecule has 1 saturated carbocycles. The molecule has 0 aromatic heterocycles. The summed E-state index contributed by atoms with van der Waals surface area (Å²) in [5.41, 5.74) is -1.63. The Hall–Kier alpha value is -3.39. The van der Waals surface area contributed by atoms with Gasteiger partial charge in [-0.05, 0) is 75.3 Å². The van der Waals surface area contributed by atoms with E-state index in [1.165, 1.54) is 0 Å². The zero-order valence-corrected chi connectivity index (χ0v) is 25.4. The molecule has 0 aliphatic heterocycles. The van der Waals surface area contributed by atoms with Gasteiger partial charge in [-0.25, -0.2) is 27.1 Å². The van der Waals surface area contributed by atoms with Crippen molar-refractivity contribution >= 4 is 27.8 Å². The largest absolute Gasteiger partial charge is 0.417 e. The normalized spacial score (nSPS) is 18.4. The maximum atomic E-state index is 13.4. The number of alkyl halides is 3. The first-order chi connectivity index (χ1) is 20.0. The Morgan fingerprint density at radius 2 is 1.72 bits per heavy atom. The summed E-state index contributed by atoms with van der Waals surface area (Å²) in [6.45, 7) is 7.92. The minimum absolute atomic E-state index is 0.119. The first-order valence-electron chi connectivity index (χ1n) is 14.1. The third-order valence-corrected chi connectivity index (χ3v) is 8.71. The Balaban J connectivity index is 1.65. The number of hydrogen-bond donors (Lipinski definition) is 4. The minimum atomic E-state index is -5.06. The van der Waals surface area contributed by atoms with Crippen molar-refractivity contribution in [3.05, 3.63) is 59.9 Å². The number of rotatable bonds is 13. The van der Waals surface area contributed by atoms with Crippen LogP contribution in [0.1, 0.15) is 52.5 Å². The average Bonchev–Trinajstić information content (AvgIpc) is 3.60. The van der Waals surface area contributed by atoms with Crippen LogP contribution in [-0.4, -0.2) is 56.6 Å². The van der Waals surface area contributed by atoms with Crippen LogP contribution in [0.2, 0.25) is 0 Å². The molecule has 2 unspecified atom stereocenters. The molecule has 3 rings (SSSR count).